The van der Waals surface area contributed by atoms with E-state index in [0.717, 1.165) is 24.4 Å². The number of halogens is 4. The second-order valence-corrected chi connectivity index (χ2v) is 4.67. The lowest BCUT2D eigenvalue weighted by atomic mass is 10.2. The molecule has 1 heterocycles. The zero-order valence-electron chi connectivity index (χ0n) is 12.2. The summed E-state index contributed by atoms with van der Waals surface area (Å²) in [6.45, 7) is 3.01. The molecule has 1 aromatic heterocycles. The first kappa shape index (κ1) is 17.5. The minimum absolute atomic E-state index is 0.156. The molecule has 0 spiro atoms. The zero-order chi connectivity index (χ0) is 17.7. The molecule has 0 saturated heterocycles. The lowest BCUT2D eigenvalue weighted by Gasteiger charge is -2.10. The highest BCUT2D eigenvalue weighted by Gasteiger charge is 2.32. The van der Waals surface area contributed by atoms with Crippen LogP contribution in [0.25, 0.3) is 0 Å². The van der Waals surface area contributed by atoms with E-state index in [2.05, 4.69) is 16.9 Å². The van der Waals surface area contributed by atoms with E-state index in [1.54, 1.807) is 0 Å². The molecule has 126 valence electrons. The van der Waals surface area contributed by atoms with Crippen LogP contribution in [0.2, 0.25) is 0 Å². The number of hydrogen-bond acceptors (Lipinski definition) is 3. The molecule has 0 saturated carbocycles. The first-order valence-corrected chi connectivity index (χ1v) is 6.67. The first-order valence-electron chi connectivity index (χ1n) is 6.67. The number of amides is 1. The van der Waals surface area contributed by atoms with Crippen molar-refractivity contribution in [1.82, 2.24) is 4.98 Å². The summed E-state index contributed by atoms with van der Waals surface area (Å²) in [4.78, 5) is 14.3. The number of nitrogens with one attached hydrogen (secondary N) is 1. The monoisotopic (exact) mass is 340 g/mol. The van der Waals surface area contributed by atoms with E-state index in [9.17, 15) is 22.4 Å². The standard InChI is InChI=1S/C16H12F4N2O2/c1-2-15(23)22-11-3-4-13(12(17)8-11)24-9-10-5-6-21-14(7-10)16(18,19)20/h2-8H,1,9H2,(H,22,23). The molecule has 0 aliphatic rings. The number of ether oxygens (including phenoxy) is 1. The normalized spacial score (nSPS) is 11.0. The van der Waals surface area contributed by atoms with Gasteiger partial charge in [-0.15, -0.1) is 0 Å². The van der Waals surface area contributed by atoms with E-state index in [0.29, 0.717) is 0 Å². The van der Waals surface area contributed by atoms with Crippen molar-refractivity contribution in [3.8, 4) is 5.75 Å². The SMILES string of the molecule is C=CC(=O)Nc1ccc(OCc2ccnc(C(F)(F)F)c2)c(F)c1. The number of nitrogens with zero attached hydrogens (tertiary/aromatic N) is 1. The van der Waals surface area contributed by atoms with Crippen molar-refractivity contribution in [2.75, 3.05) is 5.32 Å². The van der Waals surface area contributed by atoms with Crippen molar-refractivity contribution in [2.24, 2.45) is 0 Å². The van der Waals surface area contributed by atoms with Crippen LogP contribution in [0.5, 0.6) is 5.75 Å². The van der Waals surface area contributed by atoms with Gasteiger partial charge >= 0.3 is 6.18 Å². The van der Waals surface area contributed by atoms with Crippen LogP contribution < -0.4 is 10.1 Å². The highest BCUT2D eigenvalue weighted by molar-refractivity contribution is 5.98. The Morgan fingerprint density at radius 3 is 2.67 bits per heavy atom. The van der Waals surface area contributed by atoms with Gasteiger partial charge in [-0.3, -0.25) is 9.78 Å². The van der Waals surface area contributed by atoms with E-state index < -0.39 is 23.6 Å². The average Bonchev–Trinajstić information content (AvgIpc) is 2.53. The van der Waals surface area contributed by atoms with Gasteiger partial charge in [-0.2, -0.15) is 13.2 Å². The number of carbonyl (C=O) groups is 1. The summed E-state index contributed by atoms with van der Waals surface area (Å²) in [5.41, 5.74) is -0.652. The number of alkyl halides is 3. The van der Waals surface area contributed by atoms with Crippen molar-refractivity contribution in [2.45, 2.75) is 12.8 Å². The number of rotatable bonds is 5. The predicted octanol–water partition coefficient (Wildman–Crippen LogP) is 3.94. The topological polar surface area (TPSA) is 51.2 Å². The Kier molecular flexibility index (Phi) is 5.18. The quantitative estimate of drug-likeness (QED) is 0.662. The minimum Gasteiger partial charge on any atom is -0.486 e. The predicted molar refractivity (Wildman–Crippen MR) is 78.8 cm³/mol. The molecule has 0 atom stereocenters. The van der Waals surface area contributed by atoms with Crippen molar-refractivity contribution in [3.05, 3.63) is 66.3 Å². The Bertz CT molecular complexity index is 760. The summed E-state index contributed by atoms with van der Waals surface area (Å²) in [5, 5.41) is 2.37. The Balaban J connectivity index is 2.07. The molecular weight excluding hydrogens is 328 g/mol. The molecule has 8 heteroatoms. The molecule has 0 fully saturated rings. The van der Waals surface area contributed by atoms with Crippen LogP contribution in [-0.2, 0) is 17.6 Å². The Hall–Kier alpha value is -2.90. The maximum atomic E-state index is 13.9. The number of carbonyl (C=O) groups excluding carboxylic acids is 1. The molecule has 0 aliphatic carbocycles. The van der Waals surface area contributed by atoms with Crippen LogP contribution in [0.15, 0.2) is 49.2 Å². The summed E-state index contributed by atoms with van der Waals surface area (Å²) < 4.78 is 56.8. The zero-order valence-corrected chi connectivity index (χ0v) is 12.2. The number of anilines is 1. The molecule has 0 radical (unpaired) electrons. The van der Waals surface area contributed by atoms with Crippen molar-refractivity contribution < 1.29 is 27.1 Å². The molecule has 24 heavy (non-hydrogen) atoms. The van der Waals surface area contributed by atoms with Gasteiger partial charge in [-0.05, 0) is 35.9 Å². The lowest BCUT2D eigenvalue weighted by Crippen LogP contribution is -2.09. The van der Waals surface area contributed by atoms with Crippen molar-refractivity contribution in [3.63, 3.8) is 0 Å². The molecule has 1 N–H and O–H groups in total. The number of aromatic nitrogens is 1. The summed E-state index contributed by atoms with van der Waals surface area (Å²) in [6.07, 6.45) is -2.53. The number of hydrogen-bond donors (Lipinski definition) is 1. The second-order valence-electron chi connectivity index (χ2n) is 4.67. The molecule has 2 rings (SSSR count). The van der Waals surface area contributed by atoms with Gasteiger partial charge in [0.1, 0.15) is 12.3 Å². The highest BCUT2D eigenvalue weighted by atomic mass is 19.4. The number of pyridine rings is 1. The fourth-order valence-electron chi connectivity index (χ4n) is 1.77. The third-order valence-corrected chi connectivity index (χ3v) is 2.89. The van der Waals surface area contributed by atoms with E-state index in [-0.39, 0.29) is 23.6 Å². The van der Waals surface area contributed by atoms with Crippen LogP contribution >= 0.6 is 0 Å². The molecule has 1 aromatic carbocycles. The molecule has 0 aliphatic heterocycles. The van der Waals surface area contributed by atoms with Crippen LogP contribution in [0, 0.1) is 5.82 Å². The summed E-state index contributed by atoms with van der Waals surface area (Å²) in [6, 6.07) is 5.86. The van der Waals surface area contributed by atoms with Gasteiger partial charge in [0, 0.05) is 18.0 Å². The fraction of sp³-hybridized carbons (Fsp3) is 0.125. The van der Waals surface area contributed by atoms with Gasteiger partial charge in [0.05, 0.1) is 0 Å². The smallest absolute Gasteiger partial charge is 0.433 e. The third-order valence-electron chi connectivity index (χ3n) is 2.89. The van der Waals surface area contributed by atoms with Gasteiger partial charge in [0.15, 0.2) is 11.6 Å². The van der Waals surface area contributed by atoms with E-state index in [4.69, 9.17) is 4.74 Å². The van der Waals surface area contributed by atoms with Crippen molar-refractivity contribution >= 4 is 11.6 Å². The molecule has 2 aromatic rings. The van der Waals surface area contributed by atoms with E-state index in [1.807, 2.05) is 0 Å². The lowest BCUT2D eigenvalue weighted by molar-refractivity contribution is -0.141. The van der Waals surface area contributed by atoms with E-state index >= 15 is 0 Å². The van der Waals surface area contributed by atoms with Crippen molar-refractivity contribution in [1.29, 1.82) is 0 Å². The maximum Gasteiger partial charge on any atom is 0.433 e. The average molecular weight is 340 g/mol. The van der Waals surface area contributed by atoms with Gasteiger partial charge in [-0.25, -0.2) is 4.39 Å². The fourth-order valence-corrected chi connectivity index (χ4v) is 1.77. The third kappa shape index (κ3) is 4.55. The van der Waals surface area contributed by atoms with Gasteiger partial charge in [0.2, 0.25) is 5.91 Å². The van der Waals surface area contributed by atoms with Crippen LogP contribution in [0.3, 0.4) is 0 Å². The van der Waals surface area contributed by atoms with Gasteiger partial charge < -0.3 is 10.1 Å². The first-order chi connectivity index (χ1) is 11.3. The number of benzene rings is 1. The van der Waals surface area contributed by atoms with Gasteiger partial charge in [-0.1, -0.05) is 6.58 Å². The van der Waals surface area contributed by atoms with Crippen LogP contribution in [0.1, 0.15) is 11.3 Å². The molecule has 0 bridgehead atoms. The second kappa shape index (κ2) is 7.12. The maximum absolute atomic E-state index is 13.9. The van der Waals surface area contributed by atoms with Crippen LogP contribution in [-0.4, -0.2) is 10.9 Å². The van der Waals surface area contributed by atoms with Gasteiger partial charge in [0.25, 0.3) is 0 Å². The Morgan fingerprint density at radius 1 is 1.29 bits per heavy atom. The molecule has 0 unspecified atom stereocenters. The summed E-state index contributed by atoms with van der Waals surface area (Å²) >= 11 is 0. The van der Waals surface area contributed by atoms with E-state index in [1.165, 1.54) is 18.2 Å². The largest absolute Gasteiger partial charge is 0.486 e. The van der Waals surface area contributed by atoms with Crippen LogP contribution in [0.4, 0.5) is 23.2 Å². The summed E-state index contributed by atoms with van der Waals surface area (Å²) in [7, 11) is 0. The Morgan fingerprint density at radius 2 is 2.04 bits per heavy atom. The molecule has 1 amide bonds. The minimum atomic E-state index is -4.56. The highest BCUT2D eigenvalue weighted by Crippen LogP contribution is 2.28. The molecule has 4 nitrogen and oxygen atoms in total. The Labute approximate surface area is 134 Å². The summed E-state index contributed by atoms with van der Waals surface area (Å²) in [5.74, 6) is -1.42. The molecular formula is C16H12F4N2O2.